The summed E-state index contributed by atoms with van der Waals surface area (Å²) in [6.07, 6.45) is 2.51. The molecule has 0 aromatic heterocycles. The molecule has 2 amide bonds. The van der Waals surface area contributed by atoms with Crippen molar-refractivity contribution < 1.29 is 14.3 Å². The summed E-state index contributed by atoms with van der Waals surface area (Å²) < 4.78 is 5.75. The molecule has 0 radical (unpaired) electrons. The maximum absolute atomic E-state index is 12.6. The van der Waals surface area contributed by atoms with E-state index in [0.29, 0.717) is 37.4 Å². The zero-order valence-corrected chi connectivity index (χ0v) is 16.7. The number of halogens is 1. The van der Waals surface area contributed by atoms with Gasteiger partial charge in [-0.3, -0.25) is 9.59 Å². The maximum Gasteiger partial charge on any atom is 0.247 e. The number of ether oxygens (including phenoxy) is 1. The highest BCUT2D eigenvalue weighted by Gasteiger charge is 2.33. The van der Waals surface area contributed by atoms with E-state index in [2.05, 4.69) is 5.32 Å². The van der Waals surface area contributed by atoms with Crippen molar-refractivity contribution in [3.8, 4) is 5.75 Å². The van der Waals surface area contributed by atoms with Crippen LogP contribution in [-0.4, -0.2) is 35.9 Å². The molecule has 148 valence electrons. The van der Waals surface area contributed by atoms with Crippen LogP contribution in [0.5, 0.6) is 5.75 Å². The maximum atomic E-state index is 12.6. The third-order valence-corrected chi connectivity index (χ3v) is 5.08. The number of hydrogen-bond acceptors (Lipinski definition) is 3. The second-order valence-corrected chi connectivity index (χ2v) is 7.40. The lowest BCUT2D eigenvalue weighted by Crippen LogP contribution is -2.43. The predicted octanol–water partition coefficient (Wildman–Crippen LogP) is 4.44. The zero-order chi connectivity index (χ0) is 19.9. The molecule has 0 spiro atoms. The van der Waals surface area contributed by atoms with Gasteiger partial charge in [-0.05, 0) is 62.1 Å². The van der Waals surface area contributed by atoms with Gasteiger partial charge in [-0.25, -0.2) is 0 Å². The SMILES string of the molecule is Cc1cc(Cl)ccc1OCCCC(=O)N1CCCC1C(=O)Nc1ccccc1. The third-order valence-electron chi connectivity index (χ3n) is 4.85. The quantitative estimate of drug-likeness (QED) is 0.699. The molecule has 2 aromatic rings. The van der Waals surface area contributed by atoms with Gasteiger partial charge in [-0.2, -0.15) is 0 Å². The molecule has 3 rings (SSSR count). The van der Waals surface area contributed by atoms with Crippen molar-refractivity contribution in [3.05, 3.63) is 59.1 Å². The van der Waals surface area contributed by atoms with Crippen LogP contribution in [-0.2, 0) is 9.59 Å². The van der Waals surface area contributed by atoms with Crippen LogP contribution in [0.4, 0.5) is 5.69 Å². The number of carbonyl (C=O) groups is 2. The van der Waals surface area contributed by atoms with E-state index in [-0.39, 0.29) is 11.8 Å². The van der Waals surface area contributed by atoms with Gasteiger partial charge in [0.15, 0.2) is 0 Å². The van der Waals surface area contributed by atoms with Crippen LogP contribution >= 0.6 is 11.6 Å². The molecule has 28 heavy (non-hydrogen) atoms. The van der Waals surface area contributed by atoms with Crippen molar-refractivity contribution in [2.45, 2.75) is 38.6 Å². The van der Waals surface area contributed by atoms with Crippen LogP contribution in [0.3, 0.4) is 0 Å². The molecule has 5 nitrogen and oxygen atoms in total. The summed E-state index contributed by atoms with van der Waals surface area (Å²) in [5.74, 6) is 0.658. The average molecular weight is 401 g/mol. The van der Waals surface area contributed by atoms with E-state index in [1.807, 2.05) is 49.4 Å². The molecule has 2 aromatic carbocycles. The Morgan fingerprint density at radius 3 is 2.75 bits per heavy atom. The zero-order valence-electron chi connectivity index (χ0n) is 16.0. The topological polar surface area (TPSA) is 58.6 Å². The van der Waals surface area contributed by atoms with E-state index in [1.54, 1.807) is 11.0 Å². The van der Waals surface area contributed by atoms with Gasteiger partial charge in [0.2, 0.25) is 11.8 Å². The monoisotopic (exact) mass is 400 g/mol. The van der Waals surface area contributed by atoms with Gasteiger partial charge in [-0.15, -0.1) is 0 Å². The van der Waals surface area contributed by atoms with Crippen LogP contribution in [0.15, 0.2) is 48.5 Å². The largest absolute Gasteiger partial charge is 0.493 e. The van der Waals surface area contributed by atoms with E-state index in [4.69, 9.17) is 16.3 Å². The number of carbonyl (C=O) groups excluding carboxylic acids is 2. The normalized spacial score (nSPS) is 16.1. The molecule has 1 heterocycles. The number of para-hydroxylation sites is 1. The standard InChI is InChI=1S/C22H25ClN2O3/c1-16-15-17(23)11-12-20(16)28-14-6-10-21(26)25-13-5-9-19(25)22(27)24-18-7-3-2-4-8-18/h2-4,7-8,11-12,15,19H,5-6,9-10,13-14H2,1H3,(H,24,27). The van der Waals surface area contributed by atoms with Gasteiger partial charge in [0.25, 0.3) is 0 Å². The van der Waals surface area contributed by atoms with Crippen molar-refractivity contribution in [2.24, 2.45) is 0 Å². The summed E-state index contributed by atoms with van der Waals surface area (Å²) in [7, 11) is 0. The Bertz CT molecular complexity index is 826. The highest BCUT2D eigenvalue weighted by atomic mass is 35.5. The van der Waals surface area contributed by atoms with Gasteiger partial charge < -0.3 is 15.0 Å². The molecular formula is C22H25ClN2O3. The van der Waals surface area contributed by atoms with E-state index >= 15 is 0 Å². The minimum absolute atomic E-state index is 0.00198. The highest BCUT2D eigenvalue weighted by Crippen LogP contribution is 2.23. The van der Waals surface area contributed by atoms with E-state index < -0.39 is 6.04 Å². The molecule has 1 aliphatic heterocycles. The van der Waals surface area contributed by atoms with Crippen molar-refractivity contribution in [1.29, 1.82) is 0 Å². The molecule has 0 saturated carbocycles. The van der Waals surface area contributed by atoms with Crippen LogP contribution in [0.1, 0.15) is 31.2 Å². The number of nitrogens with one attached hydrogen (secondary N) is 1. The lowest BCUT2D eigenvalue weighted by atomic mass is 10.2. The number of anilines is 1. The summed E-state index contributed by atoms with van der Waals surface area (Å²) in [5.41, 5.74) is 1.72. The summed E-state index contributed by atoms with van der Waals surface area (Å²) in [6, 6.07) is 14.4. The van der Waals surface area contributed by atoms with E-state index in [1.165, 1.54) is 0 Å². The molecule has 1 N–H and O–H groups in total. The first kappa shape index (κ1) is 20.2. The minimum Gasteiger partial charge on any atom is -0.493 e. The third kappa shape index (κ3) is 5.26. The molecule has 1 saturated heterocycles. The fourth-order valence-corrected chi connectivity index (χ4v) is 3.64. The number of hydrogen-bond donors (Lipinski definition) is 1. The van der Waals surface area contributed by atoms with Crippen LogP contribution < -0.4 is 10.1 Å². The second-order valence-electron chi connectivity index (χ2n) is 6.96. The Labute approximate surface area is 170 Å². The number of rotatable bonds is 7. The van der Waals surface area contributed by atoms with Gasteiger partial charge in [-0.1, -0.05) is 29.8 Å². The number of likely N-dealkylation sites (tertiary alicyclic amines) is 1. The predicted molar refractivity (Wildman–Crippen MR) is 111 cm³/mol. The first-order valence-electron chi connectivity index (χ1n) is 9.59. The van der Waals surface area contributed by atoms with E-state index in [9.17, 15) is 9.59 Å². The summed E-state index contributed by atoms with van der Waals surface area (Å²) in [5, 5.41) is 3.57. The second kappa shape index (κ2) is 9.60. The fraction of sp³-hybridized carbons (Fsp3) is 0.364. The smallest absolute Gasteiger partial charge is 0.247 e. The van der Waals surface area contributed by atoms with Crippen molar-refractivity contribution in [3.63, 3.8) is 0 Å². The first-order valence-corrected chi connectivity index (χ1v) is 9.97. The summed E-state index contributed by atoms with van der Waals surface area (Å²) in [6.45, 7) is 3.01. The number of amides is 2. The van der Waals surface area contributed by atoms with Gasteiger partial charge in [0.1, 0.15) is 11.8 Å². The van der Waals surface area contributed by atoms with Crippen molar-refractivity contribution in [1.82, 2.24) is 4.90 Å². The molecule has 6 heteroatoms. The Morgan fingerprint density at radius 2 is 2.00 bits per heavy atom. The molecule has 1 atom stereocenters. The molecule has 1 aliphatic rings. The van der Waals surface area contributed by atoms with Crippen molar-refractivity contribution >= 4 is 29.1 Å². The average Bonchev–Trinajstić information content (AvgIpc) is 3.17. The van der Waals surface area contributed by atoms with Gasteiger partial charge in [0.05, 0.1) is 6.61 Å². The molecular weight excluding hydrogens is 376 g/mol. The Kier molecular flexibility index (Phi) is 6.93. The summed E-state index contributed by atoms with van der Waals surface area (Å²) in [4.78, 5) is 26.9. The molecule has 0 aliphatic carbocycles. The number of nitrogens with zero attached hydrogens (tertiary/aromatic N) is 1. The summed E-state index contributed by atoms with van der Waals surface area (Å²) >= 11 is 5.94. The van der Waals surface area contributed by atoms with Crippen molar-refractivity contribution in [2.75, 3.05) is 18.5 Å². The Hall–Kier alpha value is -2.53. The van der Waals surface area contributed by atoms with E-state index in [0.717, 1.165) is 23.4 Å². The van der Waals surface area contributed by atoms with Crippen LogP contribution in [0.2, 0.25) is 5.02 Å². The van der Waals surface area contributed by atoms with Gasteiger partial charge >= 0.3 is 0 Å². The van der Waals surface area contributed by atoms with Gasteiger partial charge in [0, 0.05) is 23.7 Å². The minimum atomic E-state index is -0.396. The lowest BCUT2D eigenvalue weighted by molar-refractivity contribution is -0.136. The highest BCUT2D eigenvalue weighted by molar-refractivity contribution is 6.30. The molecule has 0 bridgehead atoms. The van der Waals surface area contributed by atoms with Crippen LogP contribution in [0.25, 0.3) is 0 Å². The Balaban J connectivity index is 1.47. The Morgan fingerprint density at radius 1 is 1.21 bits per heavy atom. The fourth-order valence-electron chi connectivity index (χ4n) is 3.41. The lowest BCUT2D eigenvalue weighted by Gasteiger charge is -2.24. The molecule has 1 unspecified atom stereocenters. The number of aryl methyl sites for hydroxylation is 1. The number of benzene rings is 2. The van der Waals surface area contributed by atoms with Crippen LogP contribution in [0, 0.1) is 6.92 Å². The first-order chi connectivity index (χ1) is 13.5. The molecule has 1 fully saturated rings.